The number of amidine groups is 1. The highest BCUT2D eigenvalue weighted by Crippen LogP contribution is 2.23. The maximum absolute atomic E-state index is 11.8. The molecule has 1 N–H and O–H groups in total. The number of nitrogens with zero attached hydrogens (tertiary/aromatic N) is 1. The van der Waals surface area contributed by atoms with E-state index >= 15 is 0 Å². The molecule has 0 saturated carbocycles. The van der Waals surface area contributed by atoms with Gasteiger partial charge in [-0.1, -0.05) is 28.1 Å². The van der Waals surface area contributed by atoms with Gasteiger partial charge in [0, 0.05) is 4.47 Å². The molecule has 0 bridgehead atoms. The normalized spacial score (nSPS) is 19.9. The number of rotatable bonds is 2. The molecule has 1 heterocycles. The van der Waals surface area contributed by atoms with E-state index < -0.39 is 17.7 Å². The standard InChI is InChI=1S/C11H8BrClN2O2/c12-7-3-1-2-6(4-7)9-10(16)14-8(5-13)15-11(9)17/h1-4,9H,5H2,(H,14,15,16,17). The van der Waals surface area contributed by atoms with Gasteiger partial charge < -0.3 is 5.32 Å². The van der Waals surface area contributed by atoms with Crippen LogP contribution in [0.2, 0.25) is 0 Å². The number of alkyl halides is 1. The fraction of sp³-hybridized carbons (Fsp3) is 0.182. The van der Waals surface area contributed by atoms with Crippen molar-refractivity contribution >= 4 is 45.2 Å². The van der Waals surface area contributed by atoms with Crippen LogP contribution < -0.4 is 5.32 Å². The van der Waals surface area contributed by atoms with Crippen LogP contribution in [0.5, 0.6) is 0 Å². The molecule has 6 heteroatoms. The molecule has 1 aliphatic rings. The van der Waals surface area contributed by atoms with Gasteiger partial charge in [-0.3, -0.25) is 9.59 Å². The summed E-state index contributed by atoms with van der Waals surface area (Å²) in [6.45, 7) is 0. The van der Waals surface area contributed by atoms with Gasteiger partial charge in [0.25, 0.3) is 5.91 Å². The van der Waals surface area contributed by atoms with Gasteiger partial charge in [0.05, 0.1) is 5.88 Å². The third kappa shape index (κ3) is 2.56. The first kappa shape index (κ1) is 12.3. The van der Waals surface area contributed by atoms with E-state index in [1.54, 1.807) is 18.2 Å². The zero-order valence-electron chi connectivity index (χ0n) is 8.61. The Morgan fingerprint density at radius 1 is 1.41 bits per heavy atom. The monoisotopic (exact) mass is 314 g/mol. The smallest absolute Gasteiger partial charge is 0.264 e. The van der Waals surface area contributed by atoms with Crippen LogP contribution in [0.15, 0.2) is 33.7 Å². The zero-order valence-corrected chi connectivity index (χ0v) is 11.0. The van der Waals surface area contributed by atoms with E-state index in [2.05, 4.69) is 26.2 Å². The SMILES string of the molecule is O=C1N=C(CCl)NC(=O)C1c1cccc(Br)c1. The van der Waals surface area contributed by atoms with E-state index in [0.29, 0.717) is 5.56 Å². The van der Waals surface area contributed by atoms with Crippen LogP contribution in [0.1, 0.15) is 11.5 Å². The van der Waals surface area contributed by atoms with Crippen LogP contribution in [0.4, 0.5) is 0 Å². The average Bonchev–Trinajstić information content (AvgIpc) is 2.28. The molecule has 2 rings (SSSR count). The average molecular weight is 316 g/mol. The number of hydrogen-bond donors (Lipinski definition) is 1. The number of carbonyl (C=O) groups is 2. The minimum Gasteiger partial charge on any atom is -0.312 e. The number of amides is 2. The highest BCUT2D eigenvalue weighted by Gasteiger charge is 2.32. The van der Waals surface area contributed by atoms with Crippen LogP contribution in [-0.4, -0.2) is 23.5 Å². The predicted molar refractivity (Wildman–Crippen MR) is 68.2 cm³/mol. The number of carbonyl (C=O) groups excluding carboxylic acids is 2. The molecule has 1 aromatic carbocycles. The molecule has 1 aliphatic heterocycles. The summed E-state index contributed by atoms with van der Waals surface area (Å²) < 4.78 is 0.808. The predicted octanol–water partition coefficient (Wildman–Crippen LogP) is 1.83. The van der Waals surface area contributed by atoms with Crippen molar-refractivity contribution in [3.63, 3.8) is 0 Å². The van der Waals surface area contributed by atoms with Gasteiger partial charge in [0.15, 0.2) is 0 Å². The third-order valence-corrected chi connectivity index (χ3v) is 3.08. The van der Waals surface area contributed by atoms with Crippen molar-refractivity contribution in [3.8, 4) is 0 Å². The zero-order chi connectivity index (χ0) is 12.4. The van der Waals surface area contributed by atoms with Gasteiger partial charge in [0.2, 0.25) is 5.91 Å². The van der Waals surface area contributed by atoms with Gasteiger partial charge in [0.1, 0.15) is 11.8 Å². The first-order valence-corrected chi connectivity index (χ1v) is 6.18. The van der Waals surface area contributed by atoms with Crippen LogP contribution in [0.25, 0.3) is 0 Å². The molecule has 1 atom stereocenters. The van der Waals surface area contributed by atoms with Crippen molar-refractivity contribution in [2.75, 3.05) is 5.88 Å². The van der Waals surface area contributed by atoms with Crippen LogP contribution in [-0.2, 0) is 9.59 Å². The maximum Gasteiger partial charge on any atom is 0.264 e. The summed E-state index contributed by atoms with van der Waals surface area (Å²) >= 11 is 8.82. The van der Waals surface area contributed by atoms with E-state index in [4.69, 9.17) is 11.6 Å². The quantitative estimate of drug-likeness (QED) is 0.668. The molecule has 17 heavy (non-hydrogen) atoms. The third-order valence-electron chi connectivity index (χ3n) is 2.33. The molecule has 0 spiro atoms. The van der Waals surface area contributed by atoms with Crippen molar-refractivity contribution in [1.82, 2.24) is 5.32 Å². The summed E-state index contributed by atoms with van der Waals surface area (Å²) in [5, 5.41) is 2.51. The van der Waals surface area contributed by atoms with Crippen LogP contribution in [0.3, 0.4) is 0 Å². The highest BCUT2D eigenvalue weighted by molar-refractivity contribution is 9.10. The Hall–Kier alpha value is -1.20. The minimum atomic E-state index is -0.889. The van der Waals surface area contributed by atoms with E-state index in [9.17, 15) is 9.59 Å². The summed E-state index contributed by atoms with van der Waals surface area (Å²) in [5.74, 6) is -1.54. The first-order chi connectivity index (χ1) is 8.11. The van der Waals surface area contributed by atoms with Gasteiger partial charge in [-0.15, -0.1) is 11.6 Å². The lowest BCUT2D eigenvalue weighted by molar-refractivity contribution is -0.129. The Morgan fingerprint density at radius 3 is 2.76 bits per heavy atom. The number of halogens is 2. The number of aliphatic imine (C=N–C) groups is 1. The Bertz CT molecular complexity index is 516. The molecule has 2 amide bonds. The van der Waals surface area contributed by atoms with Crippen LogP contribution in [0, 0.1) is 0 Å². The van der Waals surface area contributed by atoms with Crippen LogP contribution >= 0.6 is 27.5 Å². The Kier molecular flexibility index (Phi) is 3.59. The van der Waals surface area contributed by atoms with E-state index in [1.165, 1.54) is 0 Å². The minimum absolute atomic E-state index is 0.0166. The fourth-order valence-corrected chi connectivity index (χ4v) is 2.14. The second kappa shape index (κ2) is 4.98. The molecular weight excluding hydrogens is 307 g/mol. The lowest BCUT2D eigenvalue weighted by Crippen LogP contribution is -2.43. The summed E-state index contributed by atoms with van der Waals surface area (Å²) in [4.78, 5) is 27.3. The summed E-state index contributed by atoms with van der Waals surface area (Å²) in [5.41, 5.74) is 0.610. The molecule has 0 radical (unpaired) electrons. The summed E-state index contributed by atoms with van der Waals surface area (Å²) in [7, 11) is 0. The summed E-state index contributed by atoms with van der Waals surface area (Å²) in [6, 6.07) is 7.03. The van der Waals surface area contributed by atoms with Crippen molar-refractivity contribution < 1.29 is 9.59 Å². The first-order valence-electron chi connectivity index (χ1n) is 4.85. The van der Waals surface area contributed by atoms with Crippen molar-refractivity contribution in [1.29, 1.82) is 0 Å². The largest absolute Gasteiger partial charge is 0.312 e. The van der Waals surface area contributed by atoms with E-state index in [-0.39, 0.29) is 11.7 Å². The van der Waals surface area contributed by atoms with Crippen molar-refractivity contribution in [2.24, 2.45) is 4.99 Å². The number of benzene rings is 1. The molecule has 88 valence electrons. The van der Waals surface area contributed by atoms with E-state index in [1.807, 2.05) is 6.07 Å². The molecule has 0 aliphatic carbocycles. The highest BCUT2D eigenvalue weighted by atomic mass is 79.9. The topological polar surface area (TPSA) is 58.5 Å². The fourth-order valence-electron chi connectivity index (χ4n) is 1.60. The van der Waals surface area contributed by atoms with Gasteiger partial charge >= 0.3 is 0 Å². The Balaban J connectivity index is 2.37. The Labute approximate surface area is 111 Å². The van der Waals surface area contributed by atoms with E-state index in [0.717, 1.165) is 4.47 Å². The molecule has 0 aromatic heterocycles. The van der Waals surface area contributed by atoms with Gasteiger partial charge in [-0.25, -0.2) is 0 Å². The van der Waals surface area contributed by atoms with Crippen molar-refractivity contribution in [3.05, 3.63) is 34.3 Å². The molecular formula is C11H8BrClN2O2. The summed E-state index contributed by atoms with van der Waals surface area (Å²) in [6.07, 6.45) is 0. The molecule has 0 fully saturated rings. The molecule has 1 aromatic rings. The molecule has 0 saturated heterocycles. The molecule has 1 unspecified atom stereocenters. The lowest BCUT2D eigenvalue weighted by atomic mass is 9.96. The Morgan fingerprint density at radius 2 is 2.18 bits per heavy atom. The van der Waals surface area contributed by atoms with Crippen molar-refractivity contribution in [2.45, 2.75) is 5.92 Å². The maximum atomic E-state index is 11.8. The second-order valence-electron chi connectivity index (χ2n) is 3.51. The molecule has 4 nitrogen and oxygen atoms in total. The number of nitrogens with one attached hydrogen (secondary N) is 1. The lowest BCUT2D eigenvalue weighted by Gasteiger charge is -2.19. The number of hydrogen-bond acceptors (Lipinski definition) is 2. The van der Waals surface area contributed by atoms with Gasteiger partial charge in [-0.05, 0) is 17.7 Å². The second-order valence-corrected chi connectivity index (χ2v) is 4.69. The van der Waals surface area contributed by atoms with Gasteiger partial charge in [-0.2, -0.15) is 4.99 Å².